The van der Waals surface area contributed by atoms with E-state index in [1.165, 1.54) is 77.0 Å². The molecule has 0 aliphatic heterocycles. The van der Waals surface area contributed by atoms with Crippen molar-refractivity contribution in [3.63, 3.8) is 0 Å². The van der Waals surface area contributed by atoms with E-state index in [4.69, 9.17) is 18.5 Å². The highest BCUT2D eigenvalue weighted by Gasteiger charge is 2.21. The van der Waals surface area contributed by atoms with Crippen LogP contribution in [0.25, 0.3) is 0 Å². The third kappa shape index (κ3) is 39.9. The van der Waals surface area contributed by atoms with Crippen molar-refractivity contribution in [3.05, 3.63) is 36.5 Å². The maximum absolute atomic E-state index is 12.6. The van der Waals surface area contributed by atoms with Crippen LogP contribution < -0.4 is 4.89 Å². The van der Waals surface area contributed by atoms with Crippen LogP contribution in [-0.4, -0.2) is 70.0 Å². The van der Waals surface area contributed by atoms with Crippen LogP contribution in [-0.2, 0) is 32.7 Å². The van der Waals surface area contributed by atoms with Crippen LogP contribution in [0.3, 0.4) is 0 Å². The third-order valence-corrected chi connectivity index (χ3v) is 10.1. The molecule has 54 heavy (non-hydrogen) atoms. The minimum absolute atomic E-state index is 0.0340. The smallest absolute Gasteiger partial charge is 0.306 e. The highest BCUT2D eigenvalue weighted by Crippen LogP contribution is 2.38. The minimum Gasteiger partial charge on any atom is -0.756 e. The van der Waals surface area contributed by atoms with Gasteiger partial charge in [-0.15, -0.1) is 0 Å². The maximum Gasteiger partial charge on any atom is 0.306 e. The number of nitrogens with zero attached hydrogens (tertiary/aromatic N) is 1. The number of likely N-dealkylation sites (N-methyl/N-ethyl adjacent to an activating group) is 1. The first-order valence-corrected chi connectivity index (χ1v) is 23.2. The number of hydrogen-bond acceptors (Lipinski definition) is 8. The van der Waals surface area contributed by atoms with Gasteiger partial charge in [0.25, 0.3) is 7.82 Å². The van der Waals surface area contributed by atoms with Gasteiger partial charge in [0.15, 0.2) is 6.10 Å². The molecule has 0 heterocycles. The van der Waals surface area contributed by atoms with E-state index in [1.807, 2.05) is 21.1 Å². The predicted molar refractivity (Wildman–Crippen MR) is 222 cm³/mol. The first-order valence-electron chi connectivity index (χ1n) is 21.7. The van der Waals surface area contributed by atoms with Crippen molar-refractivity contribution in [2.24, 2.45) is 0 Å². The molecule has 9 nitrogen and oxygen atoms in total. The summed E-state index contributed by atoms with van der Waals surface area (Å²) in [5.41, 5.74) is 0. The molecule has 0 rings (SSSR count). The molecule has 1 unspecified atom stereocenters. The molecule has 0 N–H and O–H groups in total. The molecule has 0 fully saturated rings. The van der Waals surface area contributed by atoms with Gasteiger partial charge in [-0.25, -0.2) is 0 Å². The Morgan fingerprint density at radius 2 is 1.00 bits per heavy atom. The summed E-state index contributed by atoms with van der Waals surface area (Å²) >= 11 is 0. The van der Waals surface area contributed by atoms with Gasteiger partial charge in [0, 0.05) is 12.8 Å². The normalized spacial score (nSPS) is 14.0. The van der Waals surface area contributed by atoms with Crippen LogP contribution in [0.2, 0.25) is 0 Å². The number of unbranched alkanes of at least 4 members (excludes halogenated alkanes) is 19. The molecule has 0 spiro atoms. The van der Waals surface area contributed by atoms with Gasteiger partial charge >= 0.3 is 11.9 Å². The molecule has 0 aromatic rings. The summed E-state index contributed by atoms with van der Waals surface area (Å²) in [7, 11) is 1.15. The lowest BCUT2D eigenvalue weighted by Crippen LogP contribution is -2.37. The Morgan fingerprint density at radius 1 is 0.574 bits per heavy atom. The Hall–Kier alpha value is -1.77. The molecule has 2 atom stereocenters. The Balaban J connectivity index is 4.37. The number of esters is 2. The Bertz CT molecular complexity index is 1020. The number of ether oxygens (including phenoxy) is 2. The molecule has 0 amide bonds. The second-order valence-corrected chi connectivity index (χ2v) is 17.1. The number of phosphoric acid groups is 1. The van der Waals surface area contributed by atoms with Crippen LogP contribution in [0.5, 0.6) is 0 Å². The molecule has 0 bridgehead atoms. The summed E-state index contributed by atoms with van der Waals surface area (Å²) in [4.78, 5) is 37.5. The third-order valence-electron chi connectivity index (χ3n) is 9.13. The highest BCUT2D eigenvalue weighted by atomic mass is 31.2. The zero-order chi connectivity index (χ0) is 40.0. The van der Waals surface area contributed by atoms with E-state index in [0.717, 1.165) is 70.6 Å². The quantitative estimate of drug-likeness (QED) is 0.0199. The van der Waals surface area contributed by atoms with Crippen molar-refractivity contribution in [1.82, 2.24) is 0 Å². The van der Waals surface area contributed by atoms with E-state index in [9.17, 15) is 19.0 Å². The number of quaternary nitrogens is 1. The van der Waals surface area contributed by atoms with Crippen LogP contribution in [0.15, 0.2) is 36.5 Å². The maximum atomic E-state index is 12.6. The van der Waals surface area contributed by atoms with Gasteiger partial charge in [0.05, 0.1) is 27.7 Å². The molecular formula is C44H82NO8P. The van der Waals surface area contributed by atoms with Crippen molar-refractivity contribution in [1.29, 1.82) is 0 Å². The number of rotatable bonds is 39. The fourth-order valence-corrected chi connectivity index (χ4v) is 6.41. The van der Waals surface area contributed by atoms with Crippen molar-refractivity contribution in [2.75, 3.05) is 47.5 Å². The number of allylic oxidation sites excluding steroid dienone is 6. The van der Waals surface area contributed by atoms with E-state index in [1.54, 1.807) is 0 Å². The van der Waals surface area contributed by atoms with Crippen molar-refractivity contribution in [2.45, 2.75) is 187 Å². The van der Waals surface area contributed by atoms with Crippen LogP contribution in [0, 0.1) is 0 Å². The van der Waals surface area contributed by atoms with Gasteiger partial charge in [0.2, 0.25) is 0 Å². The minimum atomic E-state index is -4.62. The lowest BCUT2D eigenvalue weighted by atomic mass is 10.1. The first-order chi connectivity index (χ1) is 26.0. The molecule has 0 aliphatic carbocycles. The van der Waals surface area contributed by atoms with Gasteiger partial charge in [-0.1, -0.05) is 134 Å². The average Bonchev–Trinajstić information content (AvgIpc) is 3.12. The number of phosphoric ester groups is 1. The fourth-order valence-electron chi connectivity index (χ4n) is 5.68. The van der Waals surface area contributed by atoms with E-state index >= 15 is 0 Å². The van der Waals surface area contributed by atoms with Crippen molar-refractivity contribution in [3.8, 4) is 0 Å². The molecule has 0 saturated carbocycles. The Morgan fingerprint density at radius 3 is 1.52 bits per heavy atom. The van der Waals surface area contributed by atoms with E-state index < -0.39 is 32.5 Å². The van der Waals surface area contributed by atoms with Gasteiger partial charge < -0.3 is 27.9 Å². The second-order valence-electron chi connectivity index (χ2n) is 15.7. The average molecular weight is 784 g/mol. The van der Waals surface area contributed by atoms with Gasteiger partial charge in [0.1, 0.15) is 19.8 Å². The number of carbonyl (C=O) groups is 2. The summed E-state index contributed by atoms with van der Waals surface area (Å²) in [6.45, 7) is 4.16. The standard InChI is InChI=1S/C44H82NO8P/c1-6-8-10-12-14-16-18-20-21-22-23-25-26-28-30-32-34-36-43(46)50-40-42(41-52-54(48,49)51-39-38-45(3,4)5)53-44(47)37-35-33-31-29-27-24-19-17-15-13-11-9-7-2/h14,16-17,19-21,42H,6-13,15,18,22-41H2,1-5H3/b16-14-,19-17-,21-20-/t42-/m1/s1. The zero-order valence-corrected chi connectivity index (χ0v) is 36.3. The zero-order valence-electron chi connectivity index (χ0n) is 35.4. The number of hydrogen-bond donors (Lipinski definition) is 0. The molecule has 0 aromatic carbocycles. The first kappa shape index (κ1) is 52.2. The molecule has 10 heteroatoms. The number of carbonyl (C=O) groups excluding carboxylic acids is 2. The molecular weight excluding hydrogens is 701 g/mol. The summed E-state index contributed by atoms with van der Waals surface area (Å²) < 4.78 is 33.8. The Labute approximate surface area is 331 Å². The van der Waals surface area contributed by atoms with Gasteiger partial charge in [-0.05, 0) is 70.6 Å². The van der Waals surface area contributed by atoms with Crippen molar-refractivity contribution >= 4 is 19.8 Å². The molecule has 316 valence electrons. The summed E-state index contributed by atoms with van der Waals surface area (Å²) in [6.07, 6.45) is 40.2. The molecule has 0 aromatic heterocycles. The largest absolute Gasteiger partial charge is 0.756 e. The monoisotopic (exact) mass is 784 g/mol. The SMILES string of the molecule is CCCCC/C=C\C/C=C\CCCCCCCCCC(=O)OC[C@H](COP(=O)([O-])OCC[N+](C)(C)C)OC(=O)CCCCCCC/C=C\CCCCCC. The molecule has 0 radical (unpaired) electrons. The predicted octanol–water partition coefficient (Wildman–Crippen LogP) is 11.5. The lowest BCUT2D eigenvalue weighted by Gasteiger charge is -2.28. The summed E-state index contributed by atoms with van der Waals surface area (Å²) in [6, 6.07) is 0. The second kappa shape index (κ2) is 36.8. The summed E-state index contributed by atoms with van der Waals surface area (Å²) in [5.74, 6) is -0.854. The topological polar surface area (TPSA) is 111 Å². The van der Waals surface area contributed by atoms with Crippen molar-refractivity contribution < 1.29 is 42.1 Å². The van der Waals surface area contributed by atoms with Gasteiger partial charge in [-0.3, -0.25) is 14.2 Å². The van der Waals surface area contributed by atoms with Crippen LogP contribution in [0.4, 0.5) is 0 Å². The van der Waals surface area contributed by atoms with E-state index in [2.05, 4.69) is 50.3 Å². The lowest BCUT2D eigenvalue weighted by molar-refractivity contribution is -0.870. The van der Waals surface area contributed by atoms with Gasteiger partial charge in [-0.2, -0.15) is 0 Å². The Kier molecular flexibility index (Phi) is 35.6. The fraction of sp³-hybridized carbons (Fsp3) is 0.818. The molecule has 0 aliphatic rings. The summed E-state index contributed by atoms with van der Waals surface area (Å²) in [5, 5.41) is 0. The van der Waals surface area contributed by atoms with Crippen LogP contribution in [0.1, 0.15) is 181 Å². The van der Waals surface area contributed by atoms with Crippen LogP contribution >= 0.6 is 7.82 Å². The highest BCUT2D eigenvalue weighted by molar-refractivity contribution is 7.45. The van der Waals surface area contributed by atoms with E-state index in [-0.39, 0.29) is 26.1 Å². The van der Waals surface area contributed by atoms with E-state index in [0.29, 0.717) is 17.4 Å². The molecule has 0 saturated heterocycles.